The molecule has 0 fully saturated rings. The molecule has 0 aliphatic heterocycles. The summed E-state index contributed by atoms with van der Waals surface area (Å²) in [6.07, 6.45) is 4.49. The van der Waals surface area contributed by atoms with Gasteiger partial charge in [0, 0.05) is 12.4 Å². The van der Waals surface area contributed by atoms with Gasteiger partial charge in [0.1, 0.15) is 0 Å². The van der Waals surface area contributed by atoms with Crippen molar-refractivity contribution in [1.29, 1.82) is 0 Å². The largest absolute Gasteiger partial charge is 0.313 e. The van der Waals surface area contributed by atoms with E-state index >= 15 is 0 Å². The van der Waals surface area contributed by atoms with Gasteiger partial charge >= 0.3 is 0 Å². The van der Waals surface area contributed by atoms with Gasteiger partial charge in [0.05, 0.1) is 0 Å². The number of unbranched alkanes of at least 4 members (excludes halogenated alkanes) is 1. The second-order valence-corrected chi connectivity index (χ2v) is 3.26. The van der Waals surface area contributed by atoms with Gasteiger partial charge in [-0.2, -0.15) is 0 Å². The minimum Gasteiger partial charge on any atom is -0.313 e. The molecule has 66 valence electrons. The lowest BCUT2D eigenvalue weighted by atomic mass is 10.3. The molecule has 0 aliphatic carbocycles. The molecule has 0 aromatic carbocycles. The highest BCUT2D eigenvalue weighted by Crippen LogP contribution is 1.90. The maximum absolute atomic E-state index is 5.53. The number of alkyl halides is 1. The van der Waals surface area contributed by atoms with E-state index in [9.17, 15) is 0 Å². The van der Waals surface area contributed by atoms with E-state index in [2.05, 4.69) is 25.2 Å². The number of rotatable bonds is 6. The molecule has 0 bridgehead atoms. The summed E-state index contributed by atoms with van der Waals surface area (Å²) in [6, 6.07) is 0. The minimum atomic E-state index is 0.782. The summed E-state index contributed by atoms with van der Waals surface area (Å²) < 4.78 is 0. The summed E-state index contributed by atoms with van der Waals surface area (Å²) in [7, 11) is 0. The van der Waals surface area contributed by atoms with Gasteiger partial charge in [-0.05, 0) is 33.2 Å². The predicted octanol–water partition coefficient (Wildman–Crippen LogP) is 2.56. The van der Waals surface area contributed by atoms with Crippen molar-refractivity contribution < 1.29 is 0 Å². The zero-order valence-corrected chi connectivity index (χ0v) is 8.25. The Bertz CT molecular complexity index is 106. The van der Waals surface area contributed by atoms with Crippen LogP contribution in [0.25, 0.3) is 0 Å². The molecular weight excluding hydrogens is 158 g/mol. The molecule has 1 nitrogen and oxygen atoms in total. The summed E-state index contributed by atoms with van der Waals surface area (Å²) in [5.41, 5.74) is 1.37. The third kappa shape index (κ3) is 9.99. The van der Waals surface area contributed by atoms with Crippen LogP contribution >= 0.6 is 11.6 Å². The number of nitrogens with one attached hydrogen (secondary N) is 1. The van der Waals surface area contributed by atoms with Crippen LogP contribution in [0.4, 0.5) is 0 Å². The van der Waals surface area contributed by atoms with Crippen LogP contribution in [0.5, 0.6) is 0 Å². The van der Waals surface area contributed by atoms with Crippen LogP contribution in [0.2, 0.25) is 0 Å². The molecule has 11 heavy (non-hydrogen) atoms. The molecule has 0 aromatic rings. The van der Waals surface area contributed by atoms with Crippen molar-refractivity contribution in [3.8, 4) is 0 Å². The highest BCUT2D eigenvalue weighted by atomic mass is 35.5. The highest BCUT2D eigenvalue weighted by Gasteiger charge is 1.84. The summed E-state index contributed by atoms with van der Waals surface area (Å²) in [6.45, 7) is 6.29. The normalized spacial score (nSPS) is 9.73. The van der Waals surface area contributed by atoms with Gasteiger partial charge in [-0.1, -0.05) is 11.6 Å². The van der Waals surface area contributed by atoms with Crippen LogP contribution < -0.4 is 5.32 Å². The lowest BCUT2D eigenvalue weighted by molar-refractivity contribution is 0.682. The van der Waals surface area contributed by atoms with E-state index in [1.54, 1.807) is 0 Å². The van der Waals surface area contributed by atoms with Gasteiger partial charge in [-0.15, -0.1) is 11.6 Å². The molecular formula is C9H18ClN. The van der Waals surface area contributed by atoms with Gasteiger partial charge in [0.2, 0.25) is 0 Å². The molecule has 1 N–H and O–H groups in total. The van der Waals surface area contributed by atoms with Crippen molar-refractivity contribution in [3.05, 3.63) is 11.6 Å². The summed E-state index contributed by atoms with van der Waals surface area (Å²) in [5.74, 6) is 0.782. The Morgan fingerprint density at radius 3 is 2.64 bits per heavy atom. The van der Waals surface area contributed by atoms with Gasteiger partial charge in [-0.25, -0.2) is 0 Å². The van der Waals surface area contributed by atoms with Crippen molar-refractivity contribution in [2.24, 2.45) is 0 Å². The van der Waals surface area contributed by atoms with E-state index in [0.29, 0.717) is 0 Å². The van der Waals surface area contributed by atoms with Crippen molar-refractivity contribution in [2.45, 2.75) is 26.7 Å². The van der Waals surface area contributed by atoms with Crippen molar-refractivity contribution in [1.82, 2.24) is 5.32 Å². The minimum absolute atomic E-state index is 0.782. The number of allylic oxidation sites excluding steroid dienone is 1. The van der Waals surface area contributed by atoms with E-state index in [1.807, 2.05) is 0 Å². The molecule has 2 heteroatoms. The average molecular weight is 176 g/mol. The Labute approximate surface area is 74.8 Å². The molecule has 0 saturated heterocycles. The number of hydrogen-bond acceptors (Lipinski definition) is 1. The van der Waals surface area contributed by atoms with E-state index in [1.165, 1.54) is 12.0 Å². The predicted molar refractivity (Wildman–Crippen MR) is 52.3 cm³/mol. The van der Waals surface area contributed by atoms with E-state index < -0.39 is 0 Å². The Kier molecular flexibility index (Phi) is 8.08. The molecule has 0 amide bonds. The molecule has 0 saturated carbocycles. The highest BCUT2D eigenvalue weighted by molar-refractivity contribution is 6.17. The van der Waals surface area contributed by atoms with E-state index in [-0.39, 0.29) is 0 Å². The zero-order chi connectivity index (χ0) is 8.53. The molecule has 0 unspecified atom stereocenters. The number of halogens is 1. The van der Waals surface area contributed by atoms with Gasteiger partial charge in [0.15, 0.2) is 0 Å². The number of hydrogen-bond donors (Lipinski definition) is 1. The van der Waals surface area contributed by atoms with Crippen LogP contribution in [-0.4, -0.2) is 19.0 Å². The summed E-state index contributed by atoms with van der Waals surface area (Å²) >= 11 is 5.53. The first-order valence-electron chi connectivity index (χ1n) is 4.17. The zero-order valence-electron chi connectivity index (χ0n) is 7.49. The second kappa shape index (κ2) is 8.09. The Morgan fingerprint density at radius 1 is 1.36 bits per heavy atom. The smallest absolute Gasteiger partial charge is 0.0223 e. The summed E-state index contributed by atoms with van der Waals surface area (Å²) in [4.78, 5) is 0. The van der Waals surface area contributed by atoms with E-state index in [0.717, 1.165) is 25.4 Å². The third-order valence-electron chi connectivity index (χ3n) is 1.39. The fourth-order valence-corrected chi connectivity index (χ4v) is 0.912. The Morgan fingerprint density at radius 2 is 2.09 bits per heavy atom. The van der Waals surface area contributed by atoms with Crippen molar-refractivity contribution >= 4 is 11.6 Å². The van der Waals surface area contributed by atoms with Crippen LogP contribution in [-0.2, 0) is 0 Å². The first-order chi connectivity index (χ1) is 5.27. The molecule has 0 heterocycles. The standard InChI is InChI=1S/C9H18ClN/c1-9(2)5-8-11-7-4-3-6-10/h5,11H,3-4,6-8H2,1-2H3. The molecule has 0 atom stereocenters. The van der Waals surface area contributed by atoms with Gasteiger partial charge in [-0.3, -0.25) is 0 Å². The first kappa shape index (κ1) is 11.0. The average Bonchev–Trinajstić information content (AvgIpc) is 1.96. The molecule has 0 rings (SSSR count). The van der Waals surface area contributed by atoms with Crippen molar-refractivity contribution in [3.63, 3.8) is 0 Å². The molecule has 0 radical (unpaired) electrons. The quantitative estimate of drug-likeness (QED) is 0.372. The first-order valence-corrected chi connectivity index (χ1v) is 4.71. The summed E-state index contributed by atoms with van der Waals surface area (Å²) in [5, 5.41) is 3.32. The second-order valence-electron chi connectivity index (χ2n) is 2.88. The van der Waals surface area contributed by atoms with Gasteiger partial charge in [0.25, 0.3) is 0 Å². The third-order valence-corrected chi connectivity index (χ3v) is 1.66. The SMILES string of the molecule is CC(C)=CCNCCCCCl. The van der Waals surface area contributed by atoms with Crippen LogP contribution in [0.3, 0.4) is 0 Å². The Hall–Kier alpha value is -0.0100. The maximum Gasteiger partial charge on any atom is 0.0223 e. The Balaban J connectivity index is 2.97. The van der Waals surface area contributed by atoms with E-state index in [4.69, 9.17) is 11.6 Å². The van der Waals surface area contributed by atoms with Crippen LogP contribution in [0, 0.1) is 0 Å². The molecule has 0 spiro atoms. The van der Waals surface area contributed by atoms with Gasteiger partial charge < -0.3 is 5.32 Å². The fourth-order valence-electron chi connectivity index (χ4n) is 0.723. The lowest BCUT2D eigenvalue weighted by Crippen LogP contribution is -2.15. The molecule has 0 aromatic heterocycles. The maximum atomic E-state index is 5.53. The lowest BCUT2D eigenvalue weighted by Gasteiger charge is -1.99. The van der Waals surface area contributed by atoms with Crippen LogP contribution in [0.15, 0.2) is 11.6 Å². The fraction of sp³-hybridized carbons (Fsp3) is 0.778. The topological polar surface area (TPSA) is 12.0 Å². The van der Waals surface area contributed by atoms with Crippen LogP contribution in [0.1, 0.15) is 26.7 Å². The monoisotopic (exact) mass is 175 g/mol. The molecule has 0 aliphatic rings. The van der Waals surface area contributed by atoms with Crippen molar-refractivity contribution in [2.75, 3.05) is 19.0 Å².